The highest BCUT2D eigenvalue weighted by Gasteiger charge is 2.70. The molecule has 3 fully saturated rings. The van der Waals surface area contributed by atoms with Gasteiger partial charge in [0, 0.05) is 11.8 Å². The SMILES string of the molecule is CCCCCOC(=O)O[C@]1(C(=O)COC(=O)OC(C)C)CC[C@H]2[C@@H]3CCC4=CC(=O)CC[C@]4(C)[C@H]3[C@@H](O)C[C@@]21C. The maximum Gasteiger partial charge on any atom is 0.509 e. The molecule has 0 aromatic carbocycles. The summed E-state index contributed by atoms with van der Waals surface area (Å²) >= 11 is 0. The Kier molecular flexibility index (Phi) is 9.03. The van der Waals surface area contributed by atoms with Gasteiger partial charge in [0.15, 0.2) is 18.0 Å². The van der Waals surface area contributed by atoms with Crippen LogP contribution in [0, 0.1) is 28.6 Å². The Morgan fingerprint density at radius 3 is 2.50 bits per heavy atom. The second-order valence-corrected chi connectivity index (χ2v) is 13.0. The minimum Gasteiger partial charge on any atom is -0.434 e. The number of Topliss-reactive ketones (excluding diaryl/α,β-unsaturated/α-hetero) is 1. The largest absolute Gasteiger partial charge is 0.509 e. The minimum absolute atomic E-state index is 0.00337. The lowest BCUT2D eigenvalue weighted by molar-refractivity contribution is -0.187. The molecule has 7 atom stereocenters. The van der Waals surface area contributed by atoms with Crippen LogP contribution < -0.4 is 0 Å². The third-order valence-electron chi connectivity index (χ3n) is 10.3. The normalized spacial score (nSPS) is 36.6. The van der Waals surface area contributed by atoms with Crippen molar-refractivity contribution in [3.8, 4) is 0 Å². The number of aliphatic hydroxyl groups is 1. The number of carbonyl (C=O) groups excluding carboxylic acids is 4. The number of hydrogen-bond donors (Lipinski definition) is 1. The minimum atomic E-state index is -1.61. The van der Waals surface area contributed by atoms with Crippen molar-refractivity contribution in [1.82, 2.24) is 0 Å². The molecule has 4 aliphatic carbocycles. The van der Waals surface area contributed by atoms with Gasteiger partial charge in [0.25, 0.3) is 0 Å². The molecule has 0 heterocycles. The second-order valence-electron chi connectivity index (χ2n) is 13.0. The summed E-state index contributed by atoms with van der Waals surface area (Å²) < 4.78 is 21.5. The first kappa shape index (κ1) is 30.5. The van der Waals surface area contributed by atoms with E-state index >= 15 is 0 Å². The van der Waals surface area contributed by atoms with Gasteiger partial charge >= 0.3 is 12.3 Å². The van der Waals surface area contributed by atoms with Crippen molar-refractivity contribution in [2.75, 3.05) is 13.2 Å². The Morgan fingerprint density at radius 2 is 1.80 bits per heavy atom. The van der Waals surface area contributed by atoms with Crippen LogP contribution in [0.5, 0.6) is 0 Å². The number of carbonyl (C=O) groups is 4. The molecule has 4 aliphatic rings. The number of ether oxygens (including phenoxy) is 4. The molecule has 0 spiro atoms. The molecular formula is C31H46O9. The van der Waals surface area contributed by atoms with Crippen LogP contribution in [0.1, 0.15) is 98.8 Å². The van der Waals surface area contributed by atoms with Crippen LogP contribution >= 0.6 is 0 Å². The maximum absolute atomic E-state index is 13.9. The molecule has 0 unspecified atom stereocenters. The third-order valence-corrected chi connectivity index (χ3v) is 10.3. The Labute approximate surface area is 237 Å². The summed E-state index contributed by atoms with van der Waals surface area (Å²) in [6, 6.07) is 0. The molecule has 0 saturated heterocycles. The van der Waals surface area contributed by atoms with Crippen LogP contribution in [0.3, 0.4) is 0 Å². The van der Waals surface area contributed by atoms with Gasteiger partial charge in [-0.3, -0.25) is 9.59 Å². The van der Waals surface area contributed by atoms with Gasteiger partial charge in [0.05, 0.1) is 18.8 Å². The summed E-state index contributed by atoms with van der Waals surface area (Å²) in [5.74, 6) is -0.345. The van der Waals surface area contributed by atoms with Gasteiger partial charge in [-0.25, -0.2) is 9.59 Å². The van der Waals surface area contributed by atoms with E-state index in [9.17, 15) is 24.3 Å². The van der Waals surface area contributed by atoms with E-state index in [-0.39, 0.29) is 48.4 Å². The Balaban J connectivity index is 1.62. The number of ketones is 2. The molecule has 3 saturated carbocycles. The lowest BCUT2D eigenvalue weighted by Gasteiger charge is -2.60. The molecule has 0 aliphatic heterocycles. The van der Waals surface area contributed by atoms with E-state index in [1.807, 2.05) is 13.8 Å². The topological polar surface area (TPSA) is 125 Å². The number of unbranched alkanes of at least 4 members (excludes halogenated alkanes) is 2. The number of aliphatic hydroxyl groups excluding tert-OH is 1. The van der Waals surface area contributed by atoms with Crippen molar-refractivity contribution in [3.05, 3.63) is 11.6 Å². The Bertz CT molecular complexity index is 1030. The summed E-state index contributed by atoms with van der Waals surface area (Å²) in [6.07, 6.45) is 5.17. The first-order valence-electron chi connectivity index (χ1n) is 15.0. The van der Waals surface area contributed by atoms with Crippen molar-refractivity contribution < 1.29 is 43.2 Å². The molecule has 0 amide bonds. The molecule has 9 nitrogen and oxygen atoms in total. The summed E-state index contributed by atoms with van der Waals surface area (Å²) in [6.45, 7) is 9.08. The molecule has 0 radical (unpaired) electrons. The lowest BCUT2D eigenvalue weighted by atomic mass is 9.45. The predicted octanol–water partition coefficient (Wildman–Crippen LogP) is 5.70. The lowest BCUT2D eigenvalue weighted by Crippen LogP contribution is -2.63. The van der Waals surface area contributed by atoms with Crippen molar-refractivity contribution in [1.29, 1.82) is 0 Å². The van der Waals surface area contributed by atoms with Crippen molar-refractivity contribution in [2.24, 2.45) is 28.6 Å². The van der Waals surface area contributed by atoms with Gasteiger partial charge in [-0.05, 0) is 88.0 Å². The molecule has 4 rings (SSSR count). The molecule has 40 heavy (non-hydrogen) atoms. The fraction of sp³-hybridized carbons (Fsp3) is 0.806. The molecule has 0 bridgehead atoms. The molecule has 9 heteroatoms. The van der Waals surface area contributed by atoms with Gasteiger partial charge in [0.1, 0.15) is 0 Å². The van der Waals surface area contributed by atoms with Gasteiger partial charge < -0.3 is 24.1 Å². The van der Waals surface area contributed by atoms with Crippen molar-refractivity contribution in [3.63, 3.8) is 0 Å². The molecule has 0 aromatic heterocycles. The number of allylic oxidation sites excluding steroid dienone is 1. The van der Waals surface area contributed by atoms with Gasteiger partial charge in [-0.2, -0.15) is 0 Å². The summed E-state index contributed by atoms with van der Waals surface area (Å²) in [5.41, 5.74) is -1.66. The van der Waals surface area contributed by atoms with E-state index < -0.39 is 47.9 Å². The average Bonchev–Trinajstić information content (AvgIpc) is 3.17. The first-order valence-corrected chi connectivity index (χ1v) is 15.0. The third kappa shape index (κ3) is 5.42. The summed E-state index contributed by atoms with van der Waals surface area (Å²) in [7, 11) is 0. The average molecular weight is 563 g/mol. The maximum atomic E-state index is 13.9. The predicted molar refractivity (Wildman–Crippen MR) is 145 cm³/mol. The number of fused-ring (bicyclic) bond motifs is 5. The van der Waals surface area contributed by atoms with Crippen LogP contribution in [0.25, 0.3) is 0 Å². The van der Waals surface area contributed by atoms with Gasteiger partial charge in [-0.1, -0.05) is 39.2 Å². The fourth-order valence-electron chi connectivity index (χ4n) is 8.50. The fourth-order valence-corrected chi connectivity index (χ4v) is 8.50. The zero-order chi connectivity index (χ0) is 29.3. The molecule has 224 valence electrons. The van der Waals surface area contributed by atoms with Crippen LogP contribution in [-0.2, 0) is 28.5 Å². The zero-order valence-corrected chi connectivity index (χ0v) is 24.7. The van der Waals surface area contributed by atoms with E-state index in [0.29, 0.717) is 25.7 Å². The quantitative estimate of drug-likeness (QED) is 0.278. The van der Waals surface area contributed by atoms with Crippen molar-refractivity contribution >= 4 is 23.9 Å². The van der Waals surface area contributed by atoms with Crippen LogP contribution in [0.2, 0.25) is 0 Å². The van der Waals surface area contributed by atoms with E-state index in [1.165, 1.54) is 0 Å². The highest BCUT2D eigenvalue weighted by molar-refractivity contribution is 5.93. The van der Waals surface area contributed by atoms with Gasteiger partial charge in [-0.15, -0.1) is 0 Å². The van der Waals surface area contributed by atoms with E-state index in [0.717, 1.165) is 31.3 Å². The molecular weight excluding hydrogens is 516 g/mol. The van der Waals surface area contributed by atoms with Crippen molar-refractivity contribution in [2.45, 2.75) is 117 Å². The van der Waals surface area contributed by atoms with E-state index in [4.69, 9.17) is 18.9 Å². The number of hydrogen-bond acceptors (Lipinski definition) is 9. The first-order chi connectivity index (χ1) is 18.9. The summed E-state index contributed by atoms with van der Waals surface area (Å²) in [5, 5.41) is 11.8. The van der Waals surface area contributed by atoms with Crippen LogP contribution in [0.15, 0.2) is 11.6 Å². The molecule has 1 N–H and O–H groups in total. The summed E-state index contributed by atoms with van der Waals surface area (Å²) in [4.78, 5) is 51.2. The van der Waals surface area contributed by atoms with E-state index in [1.54, 1.807) is 19.9 Å². The second kappa shape index (κ2) is 11.8. The van der Waals surface area contributed by atoms with E-state index in [2.05, 4.69) is 6.92 Å². The standard InChI is InChI=1S/C31H46O9/c1-6-7-8-15-37-28(36)40-31(25(34)18-38-27(35)39-19(2)3)14-12-23-22-10-9-20-16-21(32)11-13-29(20,4)26(22)24(33)17-30(23,31)5/h16,19,22-24,26,33H,6-15,17-18H2,1-5H3/t22-,23-,24-,26+,29-,30-,31-/m0/s1. The number of rotatable bonds is 9. The highest BCUT2D eigenvalue weighted by atomic mass is 16.7. The highest BCUT2D eigenvalue weighted by Crippen LogP contribution is 2.68. The smallest absolute Gasteiger partial charge is 0.434 e. The van der Waals surface area contributed by atoms with Gasteiger partial charge in [0.2, 0.25) is 5.78 Å². The monoisotopic (exact) mass is 562 g/mol. The van der Waals surface area contributed by atoms with Crippen LogP contribution in [-0.4, -0.2) is 60.0 Å². The zero-order valence-electron chi connectivity index (χ0n) is 24.7. The Morgan fingerprint density at radius 1 is 1.05 bits per heavy atom. The van der Waals surface area contributed by atoms with Crippen LogP contribution in [0.4, 0.5) is 9.59 Å². The Hall–Kier alpha value is -2.42. The molecule has 0 aromatic rings.